The number of carbonyl (C=O) groups is 1. The Morgan fingerprint density at radius 2 is 1.93 bits per heavy atom. The Morgan fingerprint density at radius 3 is 2.69 bits per heavy atom. The molecule has 0 aliphatic heterocycles. The van der Waals surface area contributed by atoms with Gasteiger partial charge in [-0.15, -0.1) is 11.3 Å². The highest BCUT2D eigenvalue weighted by Crippen LogP contribution is 2.36. The largest absolute Gasteiger partial charge is 0.506 e. The van der Waals surface area contributed by atoms with Crippen molar-refractivity contribution in [3.05, 3.63) is 76.4 Å². The molecule has 0 aliphatic rings. The molecule has 0 fully saturated rings. The van der Waals surface area contributed by atoms with Crippen molar-refractivity contribution in [3.63, 3.8) is 0 Å². The number of esters is 1. The molecule has 2 aromatic carbocycles. The van der Waals surface area contributed by atoms with E-state index in [2.05, 4.69) is 15.3 Å². The van der Waals surface area contributed by atoms with Gasteiger partial charge in [0.2, 0.25) is 0 Å². The zero-order valence-electron chi connectivity index (χ0n) is 16.0. The van der Waals surface area contributed by atoms with Crippen LogP contribution in [0.25, 0.3) is 10.2 Å². The number of hydrogen-bond donors (Lipinski definition) is 2. The van der Waals surface area contributed by atoms with Crippen molar-refractivity contribution in [3.8, 4) is 5.75 Å². The number of aromatic nitrogens is 2. The molecule has 0 amide bonds. The number of nitrogens with one attached hydrogen (secondary N) is 1. The van der Waals surface area contributed by atoms with E-state index in [1.807, 2.05) is 50.2 Å². The maximum atomic E-state index is 12.6. The van der Waals surface area contributed by atoms with Gasteiger partial charge in [0.05, 0.1) is 11.1 Å². The second-order valence-corrected chi connectivity index (χ2v) is 7.67. The number of phenolic OH excluding ortho intramolecular Hbond substituents is 1. The smallest absolute Gasteiger partial charge is 0.349 e. The van der Waals surface area contributed by atoms with Gasteiger partial charge in [-0.25, -0.2) is 14.8 Å². The quantitative estimate of drug-likeness (QED) is 0.354. The molecule has 29 heavy (non-hydrogen) atoms. The van der Waals surface area contributed by atoms with Crippen LogP contribution in [0.3, 0.4) is 0 Å². The van der Waals surface area contributed by atoms with Crippen LogP contribution < -0.4 is 5.32 Å². The van der Waals surface area contributed by atoms with Gasteiger partial charge < -0.3 is 15.2 Å². The third-order valence-electron chi connectivity index (χ3n) is 4.53. The fraction of sp³-hybridized carbons (Fsp3) is 0.136. The lowest BCUT2D eigenvalue weighted by Gasteiger charge is -2.09. The number of benzene rings is 2. The summed E-state index contributed by atoms with van der Waals surface area (Å²) in [6.07, 6.45) is 1.44. The average molecular weight is 405 g/mol. The molecule has 0 unspecified atom stereocenters. The Balaban J connectivity index is 1.63. The Labute approximate surface area is 171 Å². The summed E-state index contributed by atoms with van der Waals surface area (Å²) in [6.45, 7) is 3.96. The van der Waals surface area contributed by atoms with Gasteiger partial charge in [0, 0.05) is 0 Å². The van der Waals surface area contributed by atoms with Gasteiger partial charge in [-0.05, 0) is 42.7 Å². The van der Waals surface area contributed by atoms with Gasteiger partial charge in [0.1, 0.15) is 34.2 Å². The normalized spacial score (nSPS) is 10.8. The summed E-state index contributed by atoms with van der Waals surface area (Å²) in [6, 6.07) is 14.9. The lowest BCUT2D eigenvalue weighted by atomic mass is 10.2. The molecule has 0 saturated carbocycles. The Bertz CT molecular complexity index is 1190. The first kappa shape index (κ1) is 18.9. The molecule has 4 aromatic rings. The minimum Gasteiger partial charge on any atom is -0.506 e. The molecule has 0 aliphatic carbocycles. The van der Waals surface area contributed by atoms with Crippen molar-refractivity contribution in [1.29, 1.82) is 0 Å². The molecule has 0 atom stereocenters. The molecule has 0 bridgehead atoms. The number of fused-ring (bicyclic) bond motifs is 1. The SMILES string of the molecule is Cc1ccc(Nc2ncnc3sc(C(=O)OCc4ccccc4)c(C)c23)c(O)c1. The maximum absolute atomic E-state index is 12.6. The first-order valence-corrected chi connectivity index (χ1v) is 9.86. The van der Waals surface area contributed by atoms with Gasteiger partial charge in [0.15, 0.2) is 0 Å². The van der Waals surface area contributed by atoms with E-state index in [1.54, 1.807) is 12.1 Å². The van der Waals surface area contributed by atoms with Crippen LogP contribution in [-0.2, 0) is 11.3 Å². The number of nitrogens with zero attached hydrogens (tertiary/aromatic N) is 2. The molecule has 6 nitrogen and oxygen atoms in total. The first-order valence-electron chi connectivity index (χ1n) is 9.04. The molecule has 0 radical (unpaired) electrons. The van der Waals surface area contributed by atoms with Crippen molar-refractivity contribution >= 4 is 39.0 Å². The number of phenols is 1. The number of thiophene rings is 1. The van der Waals surface area contributed by atoms with Crippen LogP contribution in [0.1, 0.15) is 26.4 Å². The molecule has 0 saturated heterocycles. The number of ether oxygens (including phenoxy) is 1. The summed E-state index contributed by atoms with van der Waals surface area (Å²) in [5.41, 5.74) is 3.17. The minimum absolute atomic E-state index is 0.132. The van der Waals surface area contributed by atoms with Gasteiger partial charge >= 0.3 is 5.97 Å². The fourth-order valence-corrected chi connectivity index (χ4v) is 4.07. The Kier molecular flexibility index (Phi) is 5.14. The highest BCUT2D eigenvalue weighted by Gasteiger charge is 2.21. The summed E-state index contributed by atoms with van der Waals surface area (Å²) in [5, 5.41) is 14.1. The predicted molar refractivity (Wildman–Crippen MR) is 114 cm³/mol. The van der Waals surface area contributed by atoms with Gasteiger partial charge in [0.25, 0.3) is 0 Å². The van der Waals surface area contributed by atoms with Gasteiger partial charge in [-0.3, -0.25) is 0 Å². The zero-order chi connectivity index (χ0) is 20.4. The number of aromatic hydroxyl groups is 1. The Morgan fingerprint density at radius 1 is 1.14 bits per heavy atom. The van der Waals surface area contributed by atoms with Crippen molar-refractivity contribution in [1.82, 2.24) is 9.97 Å². The van der Waals surface area contributed by atoms with Crippen LogP contribution in [0, 0.1) is 13.8 Å². The van der Waals surface area contributed by atoms with E-state index in [0.717, 1.165) is 22.1 Å². The standard InChI is InChI=1S/C22H19N3O3S/c1-13-8-9-16(17(26)10-13)25-20-18-14(2)19(29-21(18)24-12-23-20)22(27)28-11-15-6-4-3-5-7-15/h3-10,12,26H,11H2,1-2H3,(H,23,24,25). The predicted octanol–water partition coefficient (Wildman–Crippen LogP) is 5.11. The third-order valence-corrected chi connectivity index (χ3v) is 5.71. The van der Waals surface area contributed by atoms with Gasteiger partial charge in [-0.2, -0.15) is 0 Å². The van der Waals surface area contributed by atoms with Crippen LogP contribution in [-0.4, -0.2) is 21.0 Å². The monoisotopic (exact) mass is 405 g/mol. The van der Waals surface area contributed by atoms with Crippen molar-refractivity contribution < 1.29 is 14.6 Å². The minimum atomic E-state index is -0.390. The van der Waals surface area contributed by atoms with E-state index in [-0.39, 0.29) is 12.4 Å². The molecular formula is C22H19N3O3S. The fourth-order valence-electron chi connectivity index (χ4n) is 3.02. The van der Waals surface area contributed by atoms with E-state index in [4.69, 9.17) is 4.74 Å². The molecule has 2 heterocycles. The van der Waals surface area contributed by atoms with Crippen LogP contribution in [0.5, 0.6) is 5.75 Å². The molecule has 0 spiro atoms. The van der Waals surface area contributed by atoms with Crippen molar-refractivity contribution in [2.75, 3.05) is 5.32 Å². The molecule has 4 rings (SSSR count). The van der Waals surface area contributed by atoms with Crippen LogP contribution in [0.2, 0.25) is 0 Å². The number of anilines is 2. The van der Waals surface area contributed by atoms with E-state index in [1.165, 1.54) is 17.7 Å². The summed E-state index contributed by atoms with van der Waals surface area (Å²) < 4.78 is 5.48. The highest BCUT2D eigenvalue weighted by atomic mass is 32.1. The Hall–Kier alpha value is -3.45. The number of rotatable bonds is 5. The molecule has 7 heteroatoms. The summed E-state index contributed by atoms with van der Waals surface area (Å²) >= 11 is 1.27. The summed E-state index contributed by atoms with van der Waals surface area (Å²) in [4.78, 5) is 22.4. The lowest BCUT2D eigenvalue weighted by molar-refractivity contribution is 0.0478. The van der Waals surface area contributed by atoms with Crippen molar-refractivity contribution in [2.45, 2.75) is 20.5 Å². The highest BCUT2D eigenvalue weighted by molar-refractivity contribution is 7.20. The van der Waals surface area contributed by atoms with Crippen molar-refractivity contribution in [2.24, 2.45) is 0 Å². The number of carbonyl (C=O) groups excluding carboxylic acids is 1. The second kappa shape index (κ2) is 7.89. The van der Waals surface area contributed by atoms with Crippen LogP contribution in [0.15, 0.2) is 54.9 Å². The average Bonchev–Trinajstić information content (AvgIpc) is 3.07. The zero-order valence-corrected chi connectivity index (χ0v) is 16.8. The topological polar surface area (TPSA) is 84.3 Å². The van der Waals surface area contributed by atoms with E-state index in [0.29, 0.717) is 21.2 Å². The van der Waals surface area contributed by atoms with Crippen LogP contribution in [0.4, 0.5) is 11.5 Å². The molecule has 2 aromatic heterocycles. The van der Waals surface area contributed by atoms with E-state index >= 15 is 0 Å². The van der Waals surface area contributed by atoms with E-state index in [9.17, 15) is 9.90 Å². The lowest BCUT2D eigenvalue weighted by Crippen LogP contribution is -2.04. The molecule has 146 valence electrons. The number of hydrogen-bond acceptors (Lipinski definition) is 7. The van der Waals surface area contributed by atoms with E-state index < -0.39 is 5.97 Å². The summed E-state index contributed by atoms with van der Waals surface area (Å²) in [5.74, 6) is 0.274. The first-order chi connectivity index (χ1) is 14.0. The maximum Gasteiger partial charge on any atom is 0.349 e. The number of aryl methyl sites for hydroxylation is 2. The third kappa shape index (κ3) is 3.90. The molecule has 2 N–H and O–H groups in total. The van der Waals surface area contributed by atoms with Gasteiger partial charge in [-0.1, -0.05) is 36.4 Å². The molecular weight excluding hydrogens is 386 g/mol. The summed E-state index contributed by atoms with van der Waals surface area (Å²) in [7, 11) is 0. The second-order valence-electron chi connectivity index (χ2n) is 6.67. The van der Waals surface area contributed by atoms with Crippen LogP contribution >= 0.6 is 11.3 Å².